The van der Waals surface area contributed by atoms with Gasteiger partial charge in [0, 0.05) is 25.9 Å². The molecule has 0 aromatic carbocycles. The van der Waals surface area contributed by atoms with Gasteiger partial charge in [-0.1, -0.05) is 0 Å². The summed E-state index contributed by atoms with van der Waals surface area (Å²) in [7, 11) is -2.88. The number of hydrogen-bond acceptors (Lipinski definition) is 3. The van der Waals surface area contributed by atoms with Gasteiger partial charge in [-0.05, 0) is 20.3 Å². The second-order valence-corrected chi connectivity index (χ2v) is 5.66. The van der Waals surface area contributed by atoms with E-state index < -0.39 is 9.84 Å². The maximum atomic E-state index is 10.8. The lowest BCUT2D eigenvalue weighted by Gasteiger charge is -2.19. The second kappa shape index (κ2) is 6.66. The molecule has 0 rings (SSSR count). The first-order chi connectivity index (χ1) is 6.90. The molecule has 0 radical (unpaired) electrons. The number of nitrogens with zero attached hydrogens (tertiary/aromatic N) is 2. The van der Waals surface area contributed by atoms with Crippen LogP contribution in [0.25, 0.3) is 0 Å². The Bertz CT molecular complexity index is 294. The van der Waals surface area contributed by atoms with Gasteiger partial charge >= 0.3 is 0 Å². The molecule has 0 amide bonds. The lowest BCUT2D eigenvalue weighted by Crippen LogP contribution is -2.37. The van der Waals surface area contributed by atoms with Gasteiger partial charge in [0.05, 0.1) is 5.75 Å². The summed E-state index contributed by atoms with van der Waals surface area (Å²) in [6, 6.07) is 0. The first-order valence-electron chi connectivity index (χ1n) is 5.13. The van der Waals surface area contributed by atoms with E-state index in [-0.39, 0.29) is 5.75 Å². The molecule has 90 valence electrons. The first kappa shape index (κ1) is 14.2. The van der Waals surface area contributed by atoms with Crippen LogP contribution in [0.4, 0.5) is 0 Å². The molecular weight excluding hydrogens is 214 g/mol. The third-order valence-corrected chi connectivity index (χ3v) is 3.06. The van der Waals surface area contributed by atoms with Crippen molar-refractivity contribution in [2.24, 2.45) is 10.7 Å². The van der Waals surface area contributed by atoms with E-state index in [4.69, 9.17) is 5.73 Å². The van der Waals surface area contributed by atoms with Crippen molar-refractivity contribution in [1.29, 1.82) is 0 Å². The molecule has 0 aromatic heterocycles. The fraction of sp³-hybridized carbons (Fsp3) is 0.889. The van der Waals surface area contributed by atoms with Gasteiger partial charge in [-0.3, -0.25) is 4.99 Å². The minimum absolute atomic E-state index is 0.169. The summed E-state index contributed by atoms with van der Waals surface area (Å²) in [5.41, 5.74) is 5.72. The van der Waals surface area contributed by atoms with Crippen LogP contribution < -0.4 is 5.73 Å². The summed E-state index contributed by atoms with van der Waals surface area (Å²) in [5.74, 6) is 0.663. The second-order valence-electron chi connectivity index (χ2n) is 3.40. The van der Waals surface area contributed by atoms with Crippen LogP contribution in [-0.4, -0.2) is 50.9 Å². The van der Waals surface area contributed by atoms with E-state index in [0.717, 1.165) is 13.1 Å². The van der Waals surface area contributed by atoms with Crippen molar-refractivity contribution in [1.82, 2.24) is 4.90 Å². The maximum Gasteiger partial charge on any atom is 0.191 e. The Balaban J connectivity index is 3.96. The molecule has 0 aliphatic heterocycles. The highest BCUT2D eigenvalue weighted by atomic mass is 32.2. The van der Waals surface area contributed by atoms with Crippen molar-refractivity contribution in [2.45, 2.75) is 20.3 Å². The standard InChI is InChI=1S/C9H21N3O2S/c1-4-12(5-2)9(10)11-7-6-8-15(3,13)14/h4-8H2,1-3H3,(H2,10,11). The van der Waals surface area contributed by atoms with Gasteiger partial charge in [-0.25, -0.2) is 8.42 Å². The van der Waals surface area contributed by atoms with Crippen LogP contribution in [-0.2, 0) is 9.84 Å². The van der Waals surface area contributed by atoms with Crippen molar-refractivity contribution in [3.8, 4) is 0 Å². The highest BCUT2D eigenvalue weighted by Crippen LogP contribution is 1.92. The maximum absolute atomic E-state index is 10.8. The van der Waals surface area contributed by atoms with Gasteiger partial charge in [0.25, 0.3) is 0 Å². The van der Waals surface area contributed by atoms with E-state index in [1.165, 1.54) is 6.26 Å². The predicted octanol–water partition coefficient (Wildman–Crippen LogP) is 0.0776. The molecule has 6 heteroatoms. The molecule has 0 heterocycles. The zero-order chi connectivity index (χ0) is 11.9. The van der Waals surface area contributed by atoms with Crippen molar-refractivity contribution in [3.05, 3.63) is 0 Å². The lowest BCUT2D eigenvalue weighted by atomic mass is 10.5. The van der Waals surface area contributed by atoms with E-state index in [9.17, 15) is 8.42 Å². The van der Waals surface area contributed by atoms with Crippen LogP contribution in [0.3, 0.4) is 0 Å². The molecule has 0 atom stereocenters. The fourth-order valence-corrected chi connectivity index (χ4v) is 1.82. The Labute approximate surface area is 92.3 Å². The zero-order valence-electron chi connectivity index (χ0n) is 9.73. The van der Waals surface area contributed by atoms with Gasteiger partial charge in [0.15, 0.2) is 5.96 Å². The molecule has 0 aliphatic rings. The molecule has 0 fully saturated rings. The zero-order valence-corrected chi connectivity index (χ0v) is 10.5. The predicted molar refractivity (Wildman–Crippen MR) is 63.7 cm³/mol. The van der Waals surface area contributed by atoms with Crippen molar-refractivity contribution in [2.75, 3.05) is 31.6 Å². The molecule has 5 nitrogen and oxygen atoms in total. The van der Waals surface area contributed by atoms with Gasteiger partial charge in [-0.2, -0.15) is 0 Å². The summed E-state index contributed by atoms with van der Waals surface area (Å²) in [5, 5.41) is 0. The summed E-state index contributed by atoms with van der Waals surface area (Å²) in [6.45, 7) is 6.11. The average Bonchev–Trinajstić information content (AvgIpc) is 2.13. The molecule has 0 aliphatic carbocycles. The molecule has 0 spiro atoms. The van der Waals surface area contributed by atoms with Gasteiger partial charge in [0.1, 0.15) is 9.84 Å². The topological polar surface area (TPSA) is 75.8 Å². The van der Waals surface area contributed by atoms with E-state index in [1.54, 1.807) is 0 Å². The smallest absolute Gasteiger partial charge is 0.191 e. The fourth-order valence-electron chi connectivity index (χ4n) is 1.17. The molecule has 0 bridgehead atoms. The van der Waals surface area contributed by atoms with E-state index >= 15 is 0 Å². The van der Waals surface area contributed by atoms with E-state index in [2.05, 4.69) is 4.99 Å². The minimum atomic E-state index is -2.88. The number of hydrogen-bond donors (Lipinski definition) is 1. The number of nitrogens with two attached hydrogens (primary N) is 1. The average molecular weight is 235 g/mol. The van der Waals surface area contributed by atoms with Crippen LogP contribution in [0.2, 0.25) is 0 Å². The molecule has 0 unspecified atom stereocenters. The third kappa shape index (κ3) is 7.18. The lowest BCUT2D eigenvalue weighted by molar-refractivity contribution is 0.458. The van der Waals surface area contributed by atoms with E-state index in [1.807, 2.05) is 18.7 Å². The van der Waals surface area contributed by atoms with Crippen molar-refractivity contribution < 1.29 is 8.42 Å². The SMILES string of the molecule is CCN(CC)C(N)=NCCCS(C)(=O)=O. The van der Waals surface area contributed by atoms with Gasteiger partial charge in [0.2, 0.25) is 0 Å². The van der Waals surface area contributed by atoms with Crippen molar-refractivity contribution in [3.63, 3.8) is 0 Å². The molecule has 2 N–H and O–H groups in total. The van der Waals surface area contributed by atoms with Gasteiger partial charge < -0.3 is 10.6 Å². The largest absolute Gasteiger partial charge is 0.370 e. The summed E-state index contributed by atoms with van der Waals surface area (Å²) in [4.78, 5) is 6.06. The number of sulfone groups is 1. The molecule has 0 saturated heterocycles. The first-order valence-corrected chi connectivity index (χ1v) is 7.19. The molecule has 0 aromatic rings. The Kier molecular flexibility index (Phi) is 6.31. The van der Waals surface area contributed by atoms with Crippen LogP contribution in [0, 0.1) is 0 Å². The Morgan fingerprint density at radius 2 is 1.87 bits per heavy atom. The minimum Gasteiger partial charge on any atom is -0.370 e. The number of rotatable bonds is 6. The Morgan fingerprint density at radius 3 is 2.27 bits per heavy atom. The molecular formula is C9H21N3O2S. The summed E-state index contributed by atoms with van der Waals surface area (Å²) in [6.07, 6.45) is 1.76. The summed E-state index contributed by atoms with van der Waals surface area (Å²) < 4.78 is 21.7. The van der Waals surface area contributed by atoms with Crippen LogP contribution in [0.15, 0.2) is 4.99 Å². The van der Waals surface area contributed by atoms with Gasteiger partial charge in [-0.15, -0.1) is 0 Å². The van der Waals surface area contributed by atoms with Crippen molar-refractivity contribution >= 4 is 15.8 Å². The molecule has 15 heavy (non-hydrogen) atoms. The highest BCUT2D eigenvalue weighted by Gasteiger charge is 2.03. The van der Waals surface area contributed by atoms with Crippen LogP contribution in [0.1, 0.15) is 20.3 Å². The monoisotopic (exact) mass is 235 g/mol. The van der Waals surface area contributed by atoms with Crippen LogP contribution in [0.5, 0.6) is 0 Å². The van der Waals surface area contributed by atoms with E-state index in [0.29, 0.717) is 18.9 Å². The third-order valence-electron chi connectivity index (χ3n) is 2.03. The number of guanidine groups is 1. The van der Waals surface area contributed by atoms with Crippen LogP contribution >= 0.6 is 0 Å². The quantitative estimate of drug-likeness (QED) is 0.402. The highest BCUT2D eigenvalue weighted by molar-refractivity contribution is 7.90. The Hall–Kier alpha value is -0.780. The molecule has 0 saturated carbocycles. The summed E-state index contributed by atoms with van der Waals surface area (Å²) >= 11 is 0. The normalized spacial score (nSPS) is 12.9. The Morgan fingerprint density at radius 1 is 1.33 bits per heavy atom. The number of aliphatic imine (C=N–C) groups is 1.